The predicted octanol–water partition coefficient (Wildman–Crippen LogP) is 3.50. The zero-order chi connectivity index (χ0) is 17.9. The number of carbonyl (C=O) groups is 2. The molecule has 0 fully saturated rings. The molecule has 0 aliphatic rings. The zero-order valence-electron chi connectivity index (χ0n) is 14.0. The van der Waals surface area contributed by atoms with Gasteiger partial charge in [-0.15, -0.1) is 11.3 Å². The third-order valence-electron chi connectivity index (χ3n) is 3.71. The van der Waals surface area contributed by atoms with Gasteiger partial charge in [-0.25, -0.2) is 0 Å². The molecule has 0 saturated heterocycles. The number of carboxylic acid groups (broad SMARTS) is 1. The van der Waals surface area contributed by atoms with Gasteiger partial charge in [-0.3, -0.25) is 9.59 Å². The van der Waals surface area contributed by atoms with Crippen LogP contribution in [0, 0.1) is 0 Å². The van der Waals surface area contributed by atoms with Crippen molar-refractivity contribution in [1.29, 1.82) is 0 Å². The summed E-state index contributed by atoms with van der Waals surface area (Å²) in [6, 6.07) is 1.82. The Kier molecular flexibility index (Phi) is 9.52. The number of ketones is 1. The molecule has 0 spiro atoms. The summed E-state index contributed by atoms with van der Waals surface area (Å²) in [5, 5.41) is 30.1. The van der Waals surface area contributed by atoms with Crippen molar-refractivity contribution in [3.05, 3.63) is 28.0 Å². The maximum atomic E-state index is 12.2. The summed E-state index contributed by atoms with van der Waals surface area (Å²) in [6.45, 7) is 2.09. The van der Waals surface area contributed by atoms with Crippen LogP contribution in [0.2, 0.25) is 0 Å². The number of thiophene rings is 1. The lowest BCUT2D eigenvalue weighted by Crippen LogP contribution is -2.23. The van der Waals surface area contributed by atoms with Crippen molar-refractivity contribution in [3.63, 3.8) is 0 Å². The number of aliphatic hydroxyl groups is 2. The van der Waals surface area contributed by atoms with Crippen LogP contribution in [0.25, 0.3) is 6.08 Å². The fraction of sp³-hybridized carbons (Fsp3) is 0.556. The Morgan fingerprint density at radius 3 is 2.62 bits per heavy atom. The smallest absolute Gasteiger partial charge is 0.303 e. The second kappa shape index (κ2) is 11.1. The number of Topliss-reactive ketones (excluding diaryl/α,β-unsaturated/α-hetero) is 1. The molecule has 0 aliphatic carbocycles. The Balaban J connectivity index is 2.56. The van der Waals surface area contributed by atoms with Crippen LogP contribution in [0.5, 0.6) is 0 Å². The second-order valence-corrected chi connectivity index (χ2v) is 6.70. The van der Waals surface area contributed by atoms with Crippen LogP contribution < -0.4 is 0 Å². The van der Waals surface area contributed by atoms with Crippen molar-refractivity contribution in [2.24, 2.45) is 0 Å². The molecule has 2 unspecified atom stereocenters. The highest BCUT2D eigenvalue weighted by Crippen LogP contribution is 2.22. The molecule has 24 heavy (non-hydrogen) atoms. The van der Waals surface area contributed by atoms with E-state index in [-0.39, 0.29) is 18.6 Å². The number of carboxylic acids is 1. The van der Waals surface area contributed by atoms with Crippen LogP contribution in [0.1, 0.15) is 67.1 Å². The van der Waals surface area contributed by atoms with Gasteiger partial charge in [-0.1, -0.05) is 31.9 Å². The summed E-state index contributed by atoms with van der Waals surface area (Å²) in [6.07, 6.45) is 4.99. The van der Waals surface area contributed by atoms with Crippen LogP contribution in [0.15, 0.2) is 17.5 Å². The Hall–Kier alpha value is -1.50. The van der Waals surface area contributed by atoms with E-state index in [2.05, 4.69) is 6.92 Å². The SMILES string of the molecule is CCCCCC(=O)c1sccc1/C=C/C(O)C(O)CCCC(=O)O. The first-order chi connectivity index (χ1) is 11.5. The number of carbonyl (C=O) groups excluding carboxylic acids is 1. The molecule has 0 radical (unpaired) electrons. The molecule has 5 nitrogen and oxygen atoms in total. The summed E-state index contributed by atoms with van der Waals surface area (Å²) in [7, 11) is 0. The lowest BCUT2D eigenvalue weighted by atomic mass is 10.0. The topological polar surface area (TPSA) is 94.8 Å². The number of aliphatic carboxylic acids is 1. The average Bonchev–Trinajstić information content (AvgIpc) is 3.00. The fourth-order valence-electron chi connectivity index (χ4n) is 2.29. The van der Waals surface area contributed by atoms with Crippen LogP contribution in [-0.4, -0.2) is 39.3 Å². The minimum atomic E-state index is -1.08. The first-order valence-corrected chi connectivity index (χ1v) is 9.20. The van der Waals surface area contributed by atoms with E-state index in [1.165, 1.54) is 17.4 Å². The van der Waals surface area contributed by atoms with E-state index in [0.717, 1.165) is 24.8 Å². The van der Waals surface area contributed by atoms with Crippen molar-refractivity contribution in [1.82, 2.24) is 0 Å². The molecule has 1 aromatic rings. The van der Waals surface area contributed by atoms with Gasteiger partial charge < -0.3 is 15.3 Å². The number of rotatable bonds is 12. The Labute approximate surface area is 146 Å². The van der Waals surface area contributed by atoms with Gasteiger partial charge in [0.05, 0.1) is 17.1 Å². The lowest BCUT2D eigenvalue weighted by Gasteiger charge is -2.13. The third kappa shape index (κ3) is 7.38. The second-order valence-electron chi connectivity index (χ2n) is 5.79. The van der Waals surface area contributed by atoms with Crippen LogP contribution in [-0.2, 0) is 4.79 Å². The van der Waals surface area contributed by atoms with Crippen LogP contribution >= 0.6 is 11.3 Å². The molecule has 1 heterocycles. The van der Waals surface area contributed by atoms with Crippen molar-refractivity contribution in [2.45, 2.75) is 64.1 Å². The first-order valence-electron chi connectivity index (χ1n) is 8.32. The van der Waals surface area contributed by atoms with Crippen LogP contribution in [0.3, 0.4) is 0 Å². The maximum Gasteiger partial charge on any atom is 0.303 e. The number of aliphatic hydroxyl groups excluding tert-OH is 2. The van der Waals surface area contributed by atoms with E-state index in [0.29, 0.717) is 17.7 Å². The van der Waals surface area contributed by atoms with Crippen molar-refractivity contribution in [2.75, 3.05) is 0 Å². The molecule has 3 N–H and O–H groups in total. The highest BCUT2D eigenvalue weighted by atomic mass is 32.1. The highest BCUT2D eigenvalue weighted by molar-refractivity contribution is 7.12. The average molecular weight is 354 g/mol. The monoisotopic (exact) mass is 354 g/mol. The summed E-state index contributed by atoms with van der Waals surface area (Å²) < 4.78 is 0. The molecule has 134 valence electrons. The Morgan fingerprint density at radius 1 is 1.21 bits per heavy atom. The van der Waals surface area contributed by atoms with Crippen LogP contribution in [0.4, 0.5) is 0 Å². The van der Waals surface area contributed by atoms with Gasteiger partial charge in [0.15, 0.2) is 5.78 Å². The van der Waals surface area contributed by atoms with Crippen molar-refractivity contribution >= 4 is 29.2 Å². The van der Waals surface area contributed by atoms with E-state index >= 15 is 0 Å². The van der Waals surface area contributed by atoms with Gasteiger partial charge in [0, 0.05) is 12.8 Å². The Bertz CT molecular complexity index is 549. The largest absolute Gasteiger partial charge is 0.481 e. The van der Waals surface area contributed by atoms with E-state index in [1.807, 2.05) is 11.4 Å². The zero-order valence-corrected chi connectivity index (χ0v) is 14.8. The van der Waals surface area contributed by atoms with E-state index < -0.39 is 18.2 Å². The molecule has 0 aliphatic heterocycles. The summed E-state index contributed by atoms with van der Waals surface area (Å²) >= 11 is 1.38. The highest BCUT2D eigenvalue weighted by Gasteiger charge is 2.15. The van der Waals surface area contributed by atoms with E-state index in [9.17, 15) is 19.8 Å². The standard InChI is InChI=1S/C18H26O5S/c1-2-3-4-6-16(21)18-13(11-12-24-18)9-10-15(20)14(19)7-5-8-17(22)23/h9-12,14-15,19-20H,2-8H2,1H3,(H,22,23)/b10-9+. The molecule has 0 aromatic carbocycles. The Morgan fingerprint density at radius 2 is 1.96 bits per heavy atom. The van der Waals surface area contributed by atoms with Crippen molar-refractivity contribution < 1.29 is 24.9 Å². The molecule has 0 amide bonds. The minimum Gasteiger partial charge on any atom is -0.481 e. The summed E-state index contributed by atoms with van der Waals surface area (Å²) in [5.74, 6) is -0.814. The molecule has 2 atom stereocenters. The normalized spacial score (nSPS) is 14.0. The maximum absolute atomic E-state index is 12.2. The van der Waals surface area contributed by atoms with Gasteiger partial charge in [-0.05, 0) is 36.3 Å². The van der Waals surface area contributed by atoms with Gasteiger partial charge >= 0.3 is 5.97 Å². The first kappa shape index (κ1) is 20.5. The summed E-state index contributed by atoms with van der Waals surface area (Å²) in [5.41, 5.74) is 0.748. The molecular formula is C18H26O5S. The minimum absolute atomic E-state index is 0.0333. The number of unbranched alkanes of at least 4 members (excludes halogenated alkanes) is 2. The number of hydrogen-bond donors (Lipinski definition) is 3. The molecule has 6 heteroatoms. The van der Waals surface area contributed by atoms with Gasteiger partial charge in [0.25, 0.3) is 0 Å². The quantitative estimate of drug-likeness (QED) is 0.394. The molecule has 1 rings (SSSR count). The number of hydrogen-bond acceptors (Lipinski definition) is 5. The van der Waals surface area contributed by atoms with Gasteiger partial charge in [0.2, 0.25) is 0 Å². The summed E-state index contributed by atoms with van der Waals surface area (Å²) in [4.78, 5) is 23.3. The molecule has 0 saturated carbocycles. The van der Waals surface area contributed by atoms with Gasteiger partial charge in [0.1, 0.15) is 0 Å². The third-order valence-corrected chi connectivity index (χ3v) is 4.69. The molecule has 0 bridgehead atoms. The van der Waals surface area contributed by atoms with Gasteiger partial charge in [-0.2, -0.15) is 0 Å². The fourth-order valence-corrected chi connectivity index (χ4v) is 3.15. The molecule has 1 aromatic heterocycles. The lowest BCUT2D eigenvalue weighted by molar-refractivity contribution is -0.137. The van der Waals surface area contributed by atoms with Crippen molar-refractivity contribution in [3.8, 4) is 0 Å². The van der Waals surface area contributed by atoms with E-state index in [1.54, 1.807) is 6.08 Å². The molecular weight excluding hydrogens is 328 g/mol. The predicted molar refractivity (Wildman–Crippen MR) is 95.3 cm³/mol. The van der Waals surface area contributed by atoms with E-state index in [4.69, 9.17) is 5.11 Å².